The Bertz CT molecular complexity index is 882. The average Bonchev–Trinajstić information content (AvgIpc) is 3.26. The first kappa shape index (κ1) is 19.3. The topological polar surface area (TPSA) is 93.5 Å². The number of aromatic nitrogens is 2. The molecule has 2 aliphatic rings. The fourth-order valence-electron chi connectivity index (χ4n) is 3.75. The van der Waals surface area contributed by atoms with Crippen molar-refractivity contribution in [1.82, 2.24) is 14.7 Å². The number of benzene rings is 1. The van der Waals surface area contributed by atoms with Gasteiger partial charge in [0, 0.05) is 25.8 Å². The van der Waals surface area contributed by atoms with Crippen LogP contribution in [0.15, 0.2) is 36.7 Å². The van der Waals surface area contributed by atoms with E-state index in [2.05, 4.69) is 10.4 Å². The van der Waals surface area contributed by atoms with E-state index in [1.807, 2.05) is 0 Å². The predicted molar refractivity (Wildman–Crippen MR) is 105 cm³/mol. The Morgan fingerprint density at radius 1 is 1.17 bits per heavy atom. The lowest BCUT2D eigenvalue weighted by Gasteiger charge is -2.22. The molecule has 3 heterocycles. The minimum atomic E-state index is -0.294. The molecule has 0 spiro atoms. The minimum absolute atomic E-state index is 0.171. The van der Waals surface area contributed by atoms with Crippen LogP contribution in [0.3, 0.4) is 0 Å². The Balaban J connectivity index is 1.23. The third kappa shape index (κ3) is 4.37. The minimum Gasteiger partial charge on any atom is -0.376 e. The molecule has 2 aliphatic heterocycles. The van der Waals surface area contributed by atoms with Crippen molar-refractivity contribution in [2.24, 2.45) is 0 Å². The van der Waals surface area contributed by atoms with Crippen LogP contribution in [0.5, 0.6) is 0 Å². The third-order valence-electron chi connectivity index (χ3n) is 5.25. The van der Waals surface area contributed by atoms with Crippen molar-refractivity contribution in [3.8, 4) is 0 Å². The Hall–Kier alpha value is -3.00. The van der Waals surface area contributed by atoms with Crippen LogP contribution >= 0.6 is 0 Å². The number of hydrogen-bond donors (Lipinski definition) is 1. The second-order valence-corrected chi connectivity index (χ2v) is 7.40. The van der Waals surface area contributed by atoms with E-state index in [1.54, 1.807) is 41.3 Å². The van der Waals surface area contributed by atoms with Gasteiger partial charge in [0.15, 0.2) is 0 Å². The number of ether oxygens (including phenoxy) is 1. The molecule has 1 saturated heterocycles. The van der Waals surface area contributed by atoms with Crippen molar-refractivity contribution < 1.29 is 19.1 Å². The molecule has 4 rings (SSSR count). The molecule has 0 saturated carbocycles. The van der Waals surface area contributed by atoms with Crippen LogP contribution in [0, 0.1) is 0 Å². The molecule has 29 heavy (non-hydrogen) atoms. The summed E-state index contributed by atoms with van der Waals surface area (Å²) in [4.78, 5) is 38.1. The molecular formula is C21H24N4O4. The van der Waals surface area contributed by atoms with E-state index in [0.717, 1.165) is 19.4 Å². The Morgan fingerprint density at radius 3 is 2.62 bits per heavy atom. The van der Waals surface area contributed by atoms with Crippen molar-refractivity contribution in [2.75, 3.05) is 18.5 Å². The van der Waals surface area contributed by atoms with Gasteiger partial charge in [0.1, 0.15) is 0 Å². The van der Waals surface area contributed by atoms with Crippen LogP contribution in [-0.4, -0.2) is 51.7 Å². The number of fused-ring (bicyclic) bond motifs is 1. The molecular weight excluding hydrogens is 372 g/mol. The Morgan fingerprint density at radius 2 is 1.93 bits per heavy atom. The monoisotopic (exact) mass is 396 g/mol. The van der Waals surface area contributed by atoms with E-state index >= 15 is 0 Å². The highest BCUT2D eigenvalue weighted by Crippen LogP contribution is 2.22. The number of carbonyl (C=O) groups excluding carboxylic acids is 3. The highest BCUT2D eigenvalue weighted by Gasteiger charge is 2.34. The zero-order valence-electron chi connectivity index (χ0n) is 16.2. The maximum Gasteiger partial charge on any atom is 0.261 e. The Kier molecular flexibility index (Phi) is 5.71. The highest BCUT2D eigenvalue weighted by molar-refractivity contribution is 6.21. The van der Waals surface area contributed by atoms with E-state index in [1.165, 1.54) is 11.3 Å². The van der Waals surface area contributed by atoms with E-state index < -0.39 is 0 Å². The van der Waals surface area contributed by atoms with Gasteiger partial charge in [-0.25, -0.2) is 0 Å². The number of anilines is 1. The van der Waals surface area contributed by atoms with Gasteiger partial charge in [0.05, 0.1) is 35.7 Å². The molecule has 1 N–H and O–H groups in total. The fraction of sp³-hybridized carbons (Fsp3) is 0.429. The zero-order valence-corrected chi connectivity index (χ0v) is 16.2. The standard InChI is InChI=1S/C21H24N4O4/c26-19(23-15-12-22-24(13-15)14-16-6-3-4-11-29-16)9-5-10-25-20(27)17-7-1-2-8-18(17)21(25)28/h1-2,7-8,12-13,16H,3-6,9-11,14H2,(H,23,26). The first-order chi connectivity index (χ1) is 14.1. The van der Waals surface area contributed by atoms with Crippen LogP contribution in [0.25, 0.3) is 0 Å². The second kappa shape index (κ2) is 8.57. The number of carbonyl (C=O) groups is 3. The van der Waals surface area contributed by atoms with Gasteiger partial charge in [-0.2, -0.15) is 5.10 Å². The highest BCUT2D eigenvalue weighted by atomic mass is 16.5. The summed E-state index contributed by atoms with van der Waals surface area (Å²) < 4.78 is 7.49. The lowest BCUT2D eigenvalue weighted by Crippen LogP contribution is -2.31. The van der Waals surface area contributed by atoms with Crippen molar-refractivity contribution in [3.05, 3.63) is 47.8 Å². The summed E-state index contributed by atoms with van der Waals surface area (Å²) in [6, 6.07) is 6.78. The number of nitrogens with zero attached hydrogens (tertiary/aromatic N) is 3. The predicted octanol–water partition coefficient (Wildman–Crippen LogP) is 2.47. The van der Waals surface area contributed by atoms with Gasteiger partial charge >= 0.3 is 0 Å². The molecule has 2 aromatic rings. The van der Waals surface area contributed by atoms with Gasteiger partial charge in [-0.15, -0.1) is 0 Å². The molecule has 152 valence electrons. The van der Waals surface area contributed by atoms with E-state index in [9.17, 15) is 14.4 Å². The molecule has 1 atom stereocenters. The quantitative estimate of drug-likeness (QED) is 0.726. The van der Waals surface area contributed by atoms with Crippen LogP contribution in [-0.2, 0) is 16.1 Å². The summed E-state index contributed by atoms with van der Waals surface area (Å²) in [5, 5.41) is 7.09. The van der Waals surface area contributed by atoms with Crippen LogP contribution in [0.1, 0.15) is 52.8 Å². The summed E-state index contributed by atoms with van der Waals surface area (Å²) in [7, 11) is 0. The second-order valence-electron chi connectivity index (χ2n) is 7.40. The SMILES string of the molecule is O=C(CCCN1C(=O)c2ccccc2C1=O)Nc1cnn(CC2CCCCO2)c1. The fourth-order valence-corrected chi connectivity index (χ4v) is 3.75. The van der Waals surface area contributed by atoms with E-state index in [-0.39, 0.29) is 36.8 Å². The summed E-state index contributed by atoms with van der Waals surface area (Å²) in [6.45, 7) is 1.69. The molecule has 8 nitrogen and oxygen atoms in total. The van der Waals surface area contributed by atoms with Gasteiger partial charge in [0.2, 0.25) is 5.91 Å². The lowest BCUT2D eigenvalue weighted by atomic mass is 10.1. The van der Waals surface area contributed by atoms with Crippen molar-refractivity contribution in [2.45, 2.75) is 44.8 Å². The van der Waals surface area contributed by atoms with Crippen molar-refractivity contribution in [1.29, 1.82) is 0 Å². The van der Waals surface area contributed by atoms with E-state index in [0.29, 0.717) is 29.8 Å². The largest absolute Gasteiger partial charge is 0.376 e. The maximum absolute atomic E-state index is 12.3. The molecule has 1 unspecified atom stereocenters. The first-order valence-electron chi connectivity index (χ1n) is 10.0. The van der Waals surface area contributed by atoms with Gasteiger partial charge in [0.25, 0.3) is 11.8 Å². The van der Waals surface area contributed by atoms with Gasteiger partial charge in [-0.05, 0) is 37.8 Å². The average molecular weight is 396 g/mol. The molecule has 0 bridgehead atoms. The molecule has 1 aromatic heterocycles. The lowest BCUT2D eigenvalue weighted by molar-refractivity contribution is -0.116. The van der Waals surface area contributed by atoms with Gasteiger partial charge < -0.3 is 10.1 Å². The molecule has 3 amide bonds. The Labute approximate surface area is 168 Å². The molecule has 0 radical (unpaired) electrons. The van der Waals surface area contributed by atoms with Gasteiger partial charge in [-0.3, -0.25) is 24.0 Å². The van der Waals surface area contributed by atoms with Gasteiger partial charge in [-0.1, -0.05) is 12.1 Å². The molecule has 1 fully saturated rings. The smallest absolute Gasteiger partial charge is 0.261 e. The van der Waals surface area contributed by atoms with Crippen LogP contribution < -0.4 is 5.32 Å². The van der Waals surface area contributed by atoms with Crippen molar-refractivity contribution >= 4 is 23.4 Å². The number of rotatable bonds is 7. The van der Waals surface area contributed by atoms with E-state index in [4.69, 9.17) is 4.74 Å². The first-order valence-corrected chi connectivity index (χ1v) is 10.0. The molecule has 1 aromatic carbocycles. The summed E-state index contributed by atoms with van der Waals surface area (Å²) in [5.74, 6) is -0.760. The number of nitrogens with one attached hydrogen (secondary N) is 1. The third-order valence-corrected chi connectivity index (χ3v) is 5.25. The van der Waals surface area contributed by atoms with Crippen LogP contribution in [0.4, 0.5) is 5.69 Å². The summed E-state index contributed by atoms with van der Waals surface area (Å²) >= 11 is 0. The molecule has 8 heteroatoms. The number of amides is 3. The van der Waals surface area contributed by atoms with Crippen LogP contribution in [0.2, 0.25) is 0 Å². The zero-order chi connectivity index (χ0) is 20.2. The summed E-state index contributed by atoms with van der Waals surface area (Å²) in [6.07, 6.45) is 7.50. The van der Waals surface area contributed by atoms with Crippen molar-refractivity contribution in [3.63, 3.8) is 0 Å². The summed E-state index contributed by atoms with van der Waals surface area (Å²) in [5.41, 5.74) is 1.49. The molecule has 0 aliphatic carbocycles. The normalized spacial score (nSPS) is 18.8. The number of imide groups is 1. The maximum atomic E-state index is 12.3. The number of hydrogen-bond acceptors (Lipinski definition) is 5.